The number of aromatic nitrogens is 1. The largest absolute Gasteiger partial charge is 0.322 e. The molecular weight excluding hydrogens is 326 g/mol. The number of carbonyl (C=O) groups excluding carboxylic acids is 2. The number of anilines is 2. The van der Waals surface area contributed by atoms with Gasteiger partial charge in [0.2, 0.25) is 0 Å². The highest BCUT2D eigenvalue weighted by Crippen LogP contribution is 2.13. The van der Waals surface area contributed by atoms with Crippen LogP contribution in [0.3, 0.4) is 0 Å². The third kappa shape index (κ3) is 4.33. The SMILES string of the molecule is Cc1ccc(NC(=O)c2cncc(C(=O)Nc3ccc(C)cc3)c2)cc1. The van der Waals surface area contributed by atoms with Gasteiger partial charge in [0.1, 0.15) is 0 Å². The third-order valence-corrected chi connectivity index (χ3v) is 3.88. The van der Waals surface area contributed by atoms with E-state index in [0.717, 1.165) is 11.1 Å². The highest BCUT2D eigenvalue weighted by atomic mass is 16.2. The van der Waals surface area contributed by atoms with Crippen molar-refractivity contribution in [3.8, 4) is 0 Å². The number of rotatable bonds is 4. The summed E-state index contributed by atoms with van der Waals surface area (Å²) in [6.07, 6.45) is 2.87. The normalized spacial score (nSPS) is 10.2. The number of aryl methyl sites for hydroxylation is 2. The summed E-state index contributed by atoms with van der Waals surface area (Å²) in [5.74, 6) is -0.627. The van der Waals surface area contributed by atoms with Gasteiger partial charge >= 0.3 is 0 Å². The molecule has 130 valence electrons. The van der Waals surface area contributed by atoms with Crippen LogP contribution in [0, 0.1) is 13.8 Å². The zero-order valence-electron chi connectivity index (χ0n) is 14.6. The first-order valence-corrected chi connectivity index (χ1v) is 8.22. The van der Waals surface area contributed by atoms with Gasteiger partial charge < -0.3 is 10.6 Å². The number of amides is 2. The average molecular weight is 345 g/mol. The minimum Gasteiger partial charge on any atom is -0.322 e. The Balaban J connectivity index is 1.72. The smallest absolute Gasteiger partial charge is 0.257 e. The van der Waals surface area contributed by atoms with Gasteiger partial charge in [-0.2, -0.15) is 0 Å². The average Bonchev–Trinajstić information content (AvgIpc) is 2.65. The molecule has 0 spiro atoms. The molecule has 0 saturated heterocycles. The number of nitrogens with zero attached hydrogens (tertiary/aromatic N) is 1. The first-order valence-electron chi connectivity index (χ1n) is 8.22. The first-order chi connectivity index (χ1) is 12.5. The summed E-state index contributed by atoms with van der Waals surface area (Å²) in [4.78, 5) is 28.8. The molecule has 0 atom stereocenters. The lowest BCUT2D eigenvalue weighted by Gasteiger charge is -2.08. The summed E-state index contributed by atoms with van der Waals surface area (Å²) in [5, 5.41) is 5.59. The zero-order chi connectivity index (χ0) is 18.5. The molecule has 0 fully saturated rings. The van der Waals surface area contributed by atoms with Gasteiger partial charge in [-0.3, -0.25) is 14.6 Å². The second kappa shape index (κ2) is 7.61. The number of pyridine rings is 1. The van der Waals surface area contributed by atoms with E-state index >= 15 is 0 Å². The third-order valence-electron chi connectivity index (χ3n) is 3.88. The number of hydrogen-bond donors (Lipinski definition) is 2. The highest BCUT2D eigenvalue weighted by Gasteiger charge is 2.12. The van der Waals surface area contributed by atoms with Gasteiger partial charge in [0, 0.05) is 23.8 Å². The standard InChI is InChI=1S/C21H19N3O2/c1-14-3-7-18(8-4-14)23-20(25)16-11-17(13-22-12-16)21(26)24-19-9-5-15(2)6-10-19/h3-13H,1-2H3,(H,23,25)(H,24,26). The molecule has 3 rings (SSSR count). The molecule has 0 aliphatic carbocycles. The fourth-order valence-electron chi connectivity index (χ4n) is 2.37. The molecular formula is C21H19N3O2. The molecule has 2 N–H and O–H groups in total. The van der Waals surface area contributed by atoms with Gasteiger partial charge in [0.15, 0.2) is 0 Å². The maximum Gasteiger partial charge on any atom is 0.257 e. The van der Waals surface area contributed by atoms with E-state index in [9.17, 15) is 9.59 Å². The summed E-state index contributed by atoms with van der Waals surface area (Å²) in [6.45, 7) is 3.96. The summed E-state index contributed by atoms with van der Waals surface area (Å²) >= 11 is 0. The van der Waals surface area contributed by atoms with E-state index in [2.05, 4.69) is 15.6 Å². The van der Waals surface area contributed by atoms with Crippen LogP contribution >= 0.6 is 0 Å². The number of nitrogens with one attached hydrogen (secondary N) is 2. The van der Waals surface area contributed by atoms with Crippen LogP contribution in [0.25, 0.3) is 0 Å². The van der Waals surface area contributed by atoms with Crippen LogP contribution in [0.5, 0.6) is 0 Å². The molecule has 0 saturated carbocycles. The van der Waals surface area contributed by atoms with E-state index in [1.165, 1.54) is 18.5 Å². The fraction of sp³-hybridized carbons (Fsp3) is 0.0952. The molecule has 5 nitrogen and oxygen atoms in total. The summed E-state index contributed by atoms with van der Waals surface area (Å²) in [7, 11) is 0. The molecule has 0 radical (unpaired) electrons. The van der Waals surface area contributed by atoms with E-state index < -0.39 is 0 Å². The second-order valence-corrected chi connectivity index (χ2v) is 6.10. The van der Waals surface area contributed by atoms with Crippen molar-refractivity contribution in [1.82, 2.24) is 4.98 Å². The lowest BCUT2D eigenvalue weighted by Crippen LogP contribution is -2.16. The van der Waals surface area contributed by atoms with E-state index in [-0.39, 0.29) is 11.8 Å². The van der Waals surface area contributed by atoms with Crippen molar-refractivity contribution >= 4 is 23.2 Å². The van der Waals surface area contributed by atoms with E-state index in [1.54, 1.807) is 0 Å². The van der Waals surface area contributed by atoms with Gasteiger partial charge in [-0.05, 0) is 44.2 Å². The molecule has 1 aromatic heterocycles. The zero-order valence-corrected chi connectivity index (χ0v) is 14.6. The molecule has 26 heavy (non-hydrogen) atoms. The van der Waals surface area contributed by atoms with Crippen LogP contribution in [-0.4, -0.2) is 16.8 Å². The fourth-order valence-corrected chi connectivity index (χ4v) is 2.37. The lowest BCUT2D eigenvalue weighted by atomic mass is 10.1. The predicted octanol–water partition coefficient (Wildman–Crippen LogP) is 4.20. The highest BCUT2D eigenvalue weighted by molar-refractivity contribution is 6.08. The Morgan fingerprint density at radius 1 is 0.692 bits per heavy atom. The van der Waals surface area contributed by atoms with Crippen LogP contribution in [0.4, 0.5) is 11.4 Å². The first kappa shape index (κ1) is 17.4. The van der Waals surface area contributed by atoms with Gasteiger partial charge in [-0.25, -0.2) is 0 Å². The predicted molar refractivity (Wildman–Crippen MR) is 103 cm³/mol. The van der Waals surface area contributed by atoms with Crippen molar-refractivity contribution < 1.29 is 9.59 Å². The Morgan fingerprint density at radius 2 is 1.08 bits per heavy atom. The van der Waals surface area contributed by atoms with Gasteiger partial charge in [0.25, 0.3) is 11.8 Å². The van der Waals surface area contributed by atoms with Gasteiger partial charge in [-0.15, -0.1) is 0 Å². The van der Waals surface area contributed by atoms with Crippen molar-refractivity contribution in [2.24, 2.45) is 0 Å². The number of hydrogen-bond acceptors (Lipinski definition) is 3. The lowest BCUT2D eigenvalue weighted by molar-refractivity contribution is 0.102. The number of benzene rings is 2. The molecule has 1 heterocycles. The Morgan fingerprint density at radius 3 is 1.46 bits per heavy atom. The van der Waals surface area contributed by atoms with Gasteiger partial charge in [-0.1, -0.05) is 35.4 Å². The van der Waals surface area contributed by atoms with Crippen LogP contribution < -0.4 is 10.6 Å². The van der Waals surface area contributed by atoms with E-state index in [1.807, 2.05) is 62.4 Å². The van der Waals surface area contributed by atoms with Crippen molar-refractivity contribution in [3.05, 3.63) is 89.2 Å². The van der Waals surface area contributed by atoms with E-state index in [4.69, 9.17) is 0 Å². The van der Waals surface area contributed by atoms with Crippen LogP contribution in [-0.2, 0) is 0 Å². The molecule has 0 aliphatic rings. The Kier molecular flexibility index (Phi) is 5.08. The number of carbonyl (C=O) groups is 2. The molecule has 0 bridgehead atoms. The molecule has 2 aromatic carbocycles. The van der Waals surface area contributed by atoms with Crippen molar-refractivity contribution in [2.45, 2.75) is 13.8 Å². The molecule has 0 aliphatic heterocycles. The maximum absolute atomic E-state index is 12.4. The molecule has 3 aromatic rings. The minimum atomic E-state index is -0.314. The summed E-state index contributed by atoms with van der Waals surface area (Å²) < 4.78 is 0. The monoisotopic (exact) mass is 345 g/mol. The Bertz CT molecular complexity index is 857. The quantitative estimate of drug-likeness (QED) is 0.744. The van der Waals surface area contributed by atoms with Crippen LogP contribution in [0.1, 0.15) is 31.8 Å². The summed E-state index contributed by atoms with van der Waals surface area (Å²) in [6, 6.07) is 16.5. The Labute approximate surface area is 152 Å². The molecule has 5 heteroatoms. The maximum atomic E-state index is 12.4. The topological polar surface area (TPSA) is 71.1 Å². The van der Waals surface area contributed by atoms with Gasteiger partial charge in [0.05, 0.1) is 11.1 Å². The van der Waals surface area contributed by atoms with E-state index in [0.29, 0.717) is 22.5 Å². The van der Waals surface area contributed by atoms with Crippen molar-refractivity contribution in [1.29, 1.82) is 0 Å². The Hall–Kier alpha value is -3.47. The second-order valence-electron chi connectivity index (χ2n) is 6.10. The van der Waals surface area contributed by atoms with Crippen LogP contribution in [0.2, 0.25) is 0 Å². The van der Waals surface area contributed by atoms with Crippen molar-refractivity contribution in [3.63, 3.8) is 0 Å². The molecule has 0 unspecified atom stereocenters. The minimum absolute atomic E-state index is 0.314. The molecule has 2 amide bonds. The summed E-state index contributed by atoms with van der Waals surface area (Å²) in [5.41, 5.74) is 4.24. The van der Waals surface area contributed by atoms with Crippen molar-refractivity contribution in [2.75, 3.05) is 10.6 Å². The van der Waals surface area contributed by atoms with Crippen LogP contribution in [0.15, 0.2) is 67.0 Å².